The highest BCUT2D eigenvalue weighted by molar-refractivity contribution is 6.08. The van der Waals surface area contributed by atoms with E-state index in [9.17, 15) is 9.59 Å². The van der Waals surface area contributed by atoms with Crippen LogP contribution in [0.4, 0.5) is 5.69 Å². The number of ether oxygens (including phenoxy) is 3. The largest absolute Gasteiger partial charge is 0.490 e. The molecule has 1 N–H and O–H groups in total. The topological polar surface area (TPSA) is 91.7 Å². The fraction of sp³-hybridized carbons (Fsp3) is 0.261. The van der Waals surface area contributed by atoms with Crippen LogP contribution in [0.1, 0.15) is 34.1 Å². The quantitative estimate of drug-likeness (QED) is 0.632. The molecule has 0 spiro atoms. The average molecular weight is 421 g/mol. The van der Waals surface area contributed by atoms with Crippen LogP contribution in [-0.2, 0) is 11.8 Å². The molecule has 0 aliphatic carbocycles. The van der Waals surface area contributed by atoms with E-state index in [1.165, 1.54) is 0 Å². The first-order valence-corrected chi connectivity index (χ1v) is 10.1. The third kappa shape index (κ3) is 4.53. The summed E-state index contributed by atoms with van der Waals surface area (Å²) in [6.45, 7) is 3.24. The molecular weight excluding hydrogens is 398 g/mol. The third-order valence-electron chi connectivity index (χ3n) is 4.75. The molecule has 1 aliphatic heterocycles. The minimum absolute atomic E-state index is 0.306. The van der Waals surface area contributed by atoms with Gasteiger partial charge >= 0.3 is 5.97 Å². The van der Waals surface area contributed by atoms with Crippen molar-refractivity contribution in [2.24, 2.45) is 7.05 Å². The fourth-order valence-electron chi connectivity index (χ4n) is 3.28. The van der Waals surface area contributed by atoms with Crippen LogP contribution in [0.3, 0.4) is 0 Å². The number of benzene rings is 2. The number of amides is 1. The lowest BCUT2D eigenvalue weighted by Crippen LogP contribution is -2.12. The van der Waals surface area contributed by atoms with Crippen LogP contribution in [0.2, 0.25) is 0 Å². The average Bonchev–Trinajstić information content (AvgIpc) is 3.01. The molecule has 0 unspecified atom stereocenters. The van der Waals surface area contributed by atoms with Crippen LogP contribution >= 0.6 is 0 Å². The van der Waals surface area contributed by atoms with Crippen LogP contribution in [0, 0.1) is 0 Å². The molecule has 2 heterocycles. The molecule has 0 radical (unpaired) electrons. The maximum Gasteiger partial charge on any atom is 0.338 e. The Kier molecular flexibility index (Phi) is 5.88. The number of carbonyl (C=O) groups is 2. The van der Waals surface area contributed by atoms with Crippen molar-refractivity contribution in [1.82, 2.24) is 9.78 Å². The highest BCUT2D eigenvalue weighted by Crippen LogP contribution is 2.35. The highest BCUT2D eigenvalue weighted by atomic mass is 16.5. The van der Waals surface area contributed by atoms with Crippen molar-refractivity contribution in [3.63, 3.8) is 0 Å². The van der Waals surface area contributed by atoms with Crippen LogP contribution < -0.4 is 14.8 Å². The smallest absolute Gasteiger partial charge is 0.338 e. The molecule has 0 atom stereocenters. The fourth-order valence-corrected chi connectivity index (χ4v) is 3.28. The van der Waals surface area contributed by atoms with Gasteiger partial charge in [-0.15, -0.1) is 0 Å². The summed E-state index contributed by atoms with van der Waals surface area (Å²) in [5.74, 6) is 0.620. The Balaban J connectivity index is 1.56. The summed E-state index contributed by atoms with van der Waals surface area (Å²) in [5, 5.41) is 7.32. The molecule has 1 aliphatic rings. The van der Waals surface area contributed by atoms with Crippen molar-refractivity contribution in [1.29, 1.82) is 0 Å². The second-order valence-electron chi connectivity index (χ2n) is 7.03. The van der Waals surface area contributed by atoms with Crippen molar-refractivity contribution >= 4 is 17.6 Å². The van der Waals surface area contributed by atoms with Crippen molar-refractivity contribution in [3.8, 4) is 22.8 Å². The number of nitrogens with zero attached hydrogens (tertiary/aromatic N) is 2. The first-order valence-electron chi connectivity index (χ1n) is 10.1. The van der Waals surface area contributed by atoms with E-state index in [0.29, 0.717) is 53.8 Å². The zero-order chi connectivity index (χ0) is 21.8. The predicted molar refractivity (Wildman–Crippen MR) is 115 cm³/mol. The van der Waals surface area contributed by atoms with Gasteiger partial charge in [0.15, 0.2) is 11.5 Å². The van der Waals surface area contributed by atoms with Crippen LogP contribution in [-0.4, -0.2) is 41.5 Å². The minimum atomic E-state index is -0.399. The summed E-state index contributed by atoms with van der Waals surface area (Å²) >= 11 is 0. The number of nitrogens with one attached hydrogen (secondary N) is 1. The van der Waals surface area contributed by atoms with Crippen LogP contribution in [0.5, 0.6) is 11.5 Å². The van der Waals surface area contributed by atoms with Crippen LogP contribution in [0.15, 0.2) is 48.7 Å². The summed E-state index contributed by atoms with van der Waals surface area (Å²) in [7, 11) is 1.76. The third-order valence-corrected chi connectivity index (χ3v) is 4.75. The van der Waals surface area contributed by atoms with E-state index < -0.39 is 5.97 Å². The molecule has 31 heavy (non-hydrogen) atoms. The van der Waals surface area contributed by atoms with Gasteiger partial charge in [0.2, 0.25) is 0 Å². The Bertz CT molecular complexity index is 1100. The van der Waals surface area contributed by atoms with Crippen molar-refractivity contribution in [2.75, 3.05) is 25.1 Å². The lowest BCUT2D eigenvalue weighted by atomic mass is 10.1. The number of rotatable bonds is 5. The van der Waals surface area contributed by atoms with Crippen molar-refractivity contribution in [2.45, 2.75) is 13.3 Å². The molecule has 8 nitrogen and oxygen atoms in total. The van der Waals surface area contributed by atoms with Crippen molar-refractivity contribution < 1.29 is 23.8 Å². The number of esters is 1. The summed E-state index contributed by atoms with van der Waals surface area (Å²) in [6, 6.07) is 12.1. The van der Waals surface area contributed by atoms with E-state index in [1.54, 1.807) is 49.1 Å². The number of carbonyl (C=O) groups excluding carboxylic acids is 2. The monoisotopic (exact) mass is 421 g/mol. The maximum atomic E-state index is 13.0. The van der Waals surface area contributed by atoms with Gasteiger partial charge < -0.3 is 19.5 Å². The zero-order valence-corrected chi connectivity index (χ0v) is 17.4. The molecule has 0 saturated carbocycles. The van der Waals surface area contributed by atoms with E-state index in [0.717, 1.165) is 12.0 Å². The molecular formula is C23H23N3O5. The standard InChI is InChI=1S/C23H23N3O5/c1-3-29-23(28)15-5-8-17(9-6-15)24-22(27)18-14-26(2)25-21(18)16-7-10-19-20(13-16)31-12-4-11-30-19/h5-10,13-14H,3-4,11-12H2,1-2H3,(H,24,27). The number of aryl methyl sites for hydroxylation is 1. The number of hydrogen-bond acceptors (Lipinski definition) is 6. The molecule has 1 amide bonds. The van der Waals surface area contributed by atoms with Gasteiger partial charge in [0.05, 0.1) is 30.9 Å². The van der Waals surface area contributed by atoms with Gasteiger partial charge in [0.25, 0.3) is 5.91 Å². The predicted octanol–water partition coefficient (Wildman–Crippen LogP) is 3.68. The molecule has 3 aromatic rings. The molecule has 0 bridgehead atoms. The minimum Gasteiger partial charge on any atom is -0.490 e. The zero-order valence-electron chi connectivity index (χ0n) is 17.4. The Morgan fingerprint density at radius 2 is 1.84 bits per heavy atom. The molecule has 1 aromatic heterocycles. The van der Waals surface area contributed by atoms with Gasteiger partial charge in [0, 0.05) is 30.9 Å². The second-order valence-corrected chi connectivity index (χ2v) is 7.03. The molecule has 2 aromatic carbocycles. The first-order chi connectivity index (χ1) is 15.0. The van der Waals surface area contributed by atoms with E-state index in [1.807, 2.05) is 18.2 Å². The SMILES string of the molecule is CCOC(=O)c1ccc(NC(=O)c2cn(C)nc2-c2ccc3c(c2)OCCCO3)cc1. The summed E-state index contributed by atoms with van der Waals surface area (Å²) in [5.41, 5.74) is 2.71. The van der Waals surface area contributed by atoms with Gasteiger partial charge in [0.1, 0.15) is 5.69 Å². The first kappa shape index (κ1) is 20.5. The molecule has 8 heteroatoms. The van der Waals surface area contributed by atoms with E-state index in [2.05, 4.69) is 10.4 Å². The maximum absolute atomic E-state index is 13.0. The molecule has 0 saturated heterocycles. The van der Waals surface area contributed by atoms with Gasteiger partial charge in [-0.25, -0.2) is 4.79 Å². The lowest BCUT2D eigenvalue weighted by molar-refractivity contribution is 0.0526. The Labute approximate surface area is 179 Å². The second kappa shape index (κ2) is 8.91. The summed E-state index contributed by atoms with van der Waals surface area (Å²) < 4.78 is 18.0. The molecule has 4 rings (SSSR count). The summed E-state index contributed by atoms with van der Waals surface area (Å²) in [4.78, 5) is 24.8. The van der Waals surface area contributed by atoms with E-state index >= 15 is 0 Å². The van der Waals surface area contributed by atoms with E-state index in [-0.39, 0.29) is 5.91 Å². The Morgan fingerprint density at radius 3 is 2.58 bits per heavy atom. The lowest BCUT2D eigenvalue weighted by Gasteiger charge is -2.10. The van der Waals surface area contributed by atoms with Crippen LogP contribution in [0.25, 0.3) is 11.3 Å². The van der Waals surface area contributed by atoms with Gasteiger partial charge in [-0.2, -0.15) is 5.10 Å². The van der Waals surface area contributed by atoms with Gasteiger partial charge in [-0.1, -0.05) is 0 Å². The normalized spacial score (nSPS) is 12.7. The van der Waals surface area contributed by atoms with Gasteiger partial charge in [-0.05, 0) is 49.4 Å². The molecule has 0 fully saturated rings. The van der Waals surface area contributed by atoms with Crippen molar-refractivity contribution in [3.05, 3.63) is 59.8 Å². The number of anilines is 1. The van der Waals surface area contributed by atoms with E-state index in [4.69, 9.17) is 14.2 Å². The number of aromatic nitrogens is 2. The number of hydrogen-bond donors (Lipinski definition) is 1. The number of fused-ring (bicyclic) bond motifs is 1. The Hall–Kier alpha value is -3.81. The Morgan fingerprint density at radius 1 is 1.10 bits per heavy atom. The summed E-state index contributed by atoms with van der Waals surface area (Å²) in [6.07, 6.45) is 2.48. The van der Waals surface area contributed by atoms with Gasteiger partial charge in [-0.3, -0.25) is 9.48 Å². The highest BCUT2D eigenvalue weighted by Gasteiger charge is 2.20. The molecule has 160 valence electrons.